The zero-order valence-electron chi connectivity index (χ0n) is 11.7. The fraction of sp³-hybridized carbons (Fsp3) is 0.400. The SMILES string of the molecule is CCC(=O)Oc1cccc2c(CCN(C)C)c[nH]c12. The highest BCUT2D eigenvalue weighted by Crippen LogP contribution is 2.27. The number of aromatic nitrogens is 1. The molecular weight excluding hydrogens is 240 g/mol. The third-order valence-electron chi connectivity index (χ3n) is 3.10. The summed E-state index contributed by atoms with van der Waals surface area (Å²) in [4.78, 5) is 16.8. The first-order valence-corrected chi connectivity index (χ1v) is 6.56. The number of nitrogens with zero attached hydrogens (tertiary/aromatic N) is 1. The average Bonchev–Trinajstić information content (AvgIpc) is 2.80. The number of rotatable bonds is 5. The Hall–Kier alpha value is -1.81. The van der Waals surface area contributed by atoms with Crippen molar-refractivity contribution >= 4 is 16.9 Å². The summed E-state index contributed by atoms with van der Waals surface area (Å²) in [7, 11) is 4.12. The number of likely N-dealkylation sites (N-methyl/N-ethyl adjacent to an activating group) is 1. The van der Waals surface area contributed by atoms with Gasteiger partial charge in [0.05, 0.1) is 5.52 Å². The first-order valence-electron chi connectivity index (χ1n) is 6.56. The summed E-state index contributed by atoms with van der Waals surface area (Å²) in [6.07, 6.45) is 3.35. The molecule has 2 rings (SSSR count). The second kappa shape index (κ2) is 5.89. The van der Waals surface area contributed by atoms with Crippen LogP contribution in [0.4, 0.5) is 0 Å². The van der Waals surface area contributed by atoms with Gasteiger partial charge in [0.2, 0.25) is 0 Å². The smallest absolute Gasteiger partial charge is 0.310 e. The molecule has 0 saturated carbocycles. The van der Waals surface area contributed by atoms with E-state index < -0.39 is 0 Å². The highest BCUT2D eigenvalue weighted by atomic mass is 16.5. The van der Waals surface area contributed by atoms with Crippen LogP contribution in [0, 0.1) is 0 Å². The third-order valence-corrected chi connectivity index (χ3v) is 3.10. The van der Waals surface area contributed by atoms with Crippen LogP contribution < -0.4 is 4.74 Å². The number of para-hydroxylation sites is 1. The van der Waals surface area contributed by atoms with Crippen molar-refractivity contribution in [3.8, 4) is 5.75 Å². The minimum absolute atomic E-state index is 0.211. The van der Waals surface area contributed by atoms with Gasteiger partial charge in [-0.1, -0.05) is 19.1 Å². The van der Waals surface area contributed by atoms with E-state index in [1.807, 2.05) is 18.3 Å². The molecule has 0 unspecified atom stereocenters. The van der Waals surface area contributed by atoms with Gasteiger partial charge in [0.1, 0.15) is 0 Å². The Morgan fingerprint density at radius 2 is 2.16 bits per heavy atom. The van der Waals surface area contributed by atoms with Crippen LogP contribution in [0.3, 0.4) is 0 Å². The molecule has 0 aliphatic heterocycles. The number of carbonyl (C=O) groups excluding carboxylic acids is 1. The number of carbonyl (C=O) groups is 1. The summed E-state index contributed by atoms with van der Waals surface area (Å²) in [6, 6.07) is 5.80. The number of aromatic amines is 1. The first-order chi connectivity index (χ1) is 9.11. The quantitative estimate of drug-likeness (QED) is 0.664. The molecule has 0 amide bonds. The lowest BCUT2D eigenvalue weighted by Crippen LogP contribution is -2.14. The van der Waals surface area contributed by atoms with Crippen molar-refractivity contribution in [3.05, 3.63) is 30.0 Å². The largest absolute Gasteiger partial charge is 0.424 e. The molecule has 19 heavy (non-hydrogen) atoms. The molecule has 1 heterocycles. The number of esters is 1. The van der Waals surface area contributed by atoms with Crippen molar-refractivity contribution in [2.45, 2.75) is 19.8 Å². The third kappa shape index (κ3) is 3.15. The number of benzene rings is 1. The van der Waals surface area contributed by atoms with E-state index in [-0.39, 0.29) is 5.97 Å². The van der Waals surface area contributed by atoms with Crippen LogP contribution in [0.15, 0.2) is 24.4 Å². The summed E-state index contributed by atoms with van der Waals surface area (Å²) < 4.78 is 5.34. The molecule has 102 valence electrons. The van der Waals surface area contributed by atoms with Crippen molar-refractivity contribution < 1.29 is 9.53 Å². The van der Waals surface area contributed by atoms with E-state index in [0.29, 0.717) is 12.2 Å². The lowest BCUT2D eigenvalue weighted by Gasteiger charge is -2.08. The van der Waals surface area contributed by atoms with Crippen molar-refractivity contribution in [2.75, 3.05) is 20.6 Å². The maximum Gasteiger partial charge on any atom is 0.310 e. The van der Waals surface area contributed by atoms with Crippen molar-refractivity contribution in [3.63, 3.8) is 0 Å². The van der Waals surface area contributed by atoms with Crippen molar-refractivity contribution in [1.82, 2.24) is 9.88 Å². The standard InChI is InChI=1S/C15H20N2O2/c1-4-14(18)19-13-7-5-6-12-11(8-9-17(2)3)10-16-15(12)13/h5-7,10,16H,4,8-9H2,1-3H3. The van der Waals surface area contributed by atoms with Gasteiger partial charge >= 0.3 is 5.97 Å². The first kappa shape index (κ1) is 13.6. The van der Waals surface area contributed by atoms with E-state index in [1.54, 1.807) is 6.92 Å². The molecule has 0 bridgehead atoms. The average molecular weight is 260 g/mol. The Balaban J connectivity index is 2.28. The van der Waals surface area contributed by atoms with Crippen molar-refractivity contribution in [1.29, 1.82) is 0 Å². The minimum Gasteiger partial charge on any atom is -0.424 e. The van der Waals surface area contributed by atoms with E-state index in [2.05, 4.69) is 30.0 Å². The van der Waals surface area contributed by atoms with E-state index in [1.165, 1.54) is 5.56 Å². The van der Waals surface area contributed by atoms with Gasteiger partial charge in [0.15, 0.2) is 5.75 Å². The molecule has 0 saturated heterocycles. The molecule has 0 fully saturated rings. The highest BCUT2D eigenvalue weighted by molar-refractivity contribution is 5.90. The predicted octanol–water partition coefficient (Wildman–Crippen LogP) is 2.59. The summed E-state index contributed by atoms with van der Waals surface area (Å²) in [5.41, 5.74) is 2.15. The molecule has 0 radical (unpaired) electrons. The van der Waals surface area contributed by atoms with Gasteiger partial charge in [0.25, 0.3) is 0 Å². The molecule has 2 aromatic rings. The second-order valence-corrected chi connectivity index (χ2v) is 4.87. The number of hydrogen-bond acceptors (Lipinski definition) is 3. The normalized spacial score (nSPS) is 11.2. The summed E-state index contributed by atoms with van der Waals surface area (Å²) in [6.45, 7) is 2.78. The van der Waals surface area contributed by atoms with Crippen LogP contribution in [0.25, 0.3) is 10.9 Å². The van der Waals surface area contributed by atoms with Gasteiger partial charge in [-0.2, -0.15) is 0 Å². The Bertz CT molecular complexity index is 573. The van der Waals surface area contributed by atoms with Crippen LogP contribution in [-0.2, 0) is 11.2 Å². The van der Waals surface area contributed by atoms with Gasteiger partial charge < -0.3 is 14.6 Å². The Labute approximate surface area is 113 Å². The van der Waals surface area contributed by atoms with Gasteiger partial charge in [-0.3, -0.25) is 4.79 Å². The maximum atomic E-state index is 11.4. The second-order valence-electron chi connectivity index (χ2n) is 4.87. The molecule has 0 atom stereocenters. The number of H-pyrrole nitrogens is 1. The van der Waals surface area contributed by atoms with E-state index >= 15 is 0 Å². The van der Waals surface area contributed by atoms with Crippen LogP contribution in [0.2, 0.25) is 0 Å². The molecule has 0 spiro atoms. The van der Waals surface area contributed by atoms with Crippen LogP contribution in [0.1, 0.15) is 18.9 Å². The Kier molecular flexibility index (Phi) is 4.22. The van der Waals surface area contributed by atoms with Crippen molar-refractivity contribution in [2.24, 2.45) is 0 Å². The lowest BCUT2D eigenvalue weighted by molar-refractivity contribution is -0.133. The zero-order valence-corrected chi connectivity index (χ0v) is 11.7. The predicted molar refractivity (Wildman–Crippen MR) is 76.5 cm³/mol. The van der Waals surface area contributed by atoms with Gasteiger partial charge in [-0.15, -0.1) is 0 Å². The fourth-order valence-electron chi connectivity index (χ4n) is 2.02. The number of fused-ring (bicyclic) bond motifs is 1. The summed E-state index contributed by atoms with van der Waals surface area (Å²) in [5.74, 6) is 0.400. The number of hydrogen-bond donors (Lipinski definition) is 1. The molecule has 0 aliphatic rings. The number of ether oxygens (including phenoxy) is 1. The molecule has 1 aromatic heterocycles. The van der Waals surface area contributed by atoms with Gasteiger partial charge in [-0.25, -0.2) is 0 Å². The van der Waals surface area contributed by atoms with Crippen LogP contribution in [-0.4, -0.2) is 36.5 Å². The molecular formula is C15H20N2O2. The molecule has 1 aromatic carbocycles. The molecule has 0 aliphatic carbocycles. The van der Waals surface area contributed by atoms with Gasteiger partial charge in [0, 0.05) is 24.5 Å². The topological polar surface area (TPSA) is 45.3 Å². The van der Waals surface area contributed by atoms with E-state index in [4.69, 9.17) is 4.74 Å². The lowest BCUT2D eigenvalue weighted by atomic mass is 10.1. The van der Waals surface area contributed by atoms with Crippen LogP contribution >= 0.6 is 0 Å². The molecule has 4 nitrogen and oxygen atoms in total. The number of nitrogens with one attached hydrogen (secondary N) is 1. The highest BCUT2D eigenvalue weighted by Gasteiger charge is 2.10. The van der Waals surface area contributed by atoms with Gasteiger partial charge in [-0.05, 0) is 32.1 Å². The van der Waals surface area contributed by atoms with E-state index in [0.717, 1.165) is 23.9 Å². The Morgan fingerprint density at radius 1 is 1.37 bits per heavy atom. The maximum absolute atomic E-state index is 11.4. The summed E-state index contributed by atoms with van der Waals surface area (Å²) >= 11 is 0. The molecule has 1 N–H and O–H groups in total. The van der Waals surface area contributed by atoms with E-state index in [9.17, 15) is 4.79 Å². The summed E-state index contributed by atoms with van der Waals surface area (Å²) in [5, 5.41) is 1.13. The minimum atomic E-state index is -0.211. The molecule has 4 heteroatoms. The Morgan fingerprint density at radius 3 is 2.84 bits per heavy atom. The fourth-order valence-corrected chi connectivity index (χ4v) is 2.02. The van der Waals surface area contributed by atoms with Crippen LogP contribution in [0.5, 0.6) is 5.75 Å². The monoisotopic (exact) mass is 260 g/mol. The zero-order chi connectivity index (χ0) is 13.8.